The Balaban J connectivity index is 1.98. The van der Waals surface area contributed by atoms with E-state index in [0.717, 1.165) is 0 Å². The van der Waals surface area contributed by atoms with Crippen LogP contribution in [0.2, 0.25) is 0 Å². The molecule has 2 bridgehead atoms. The molecular weight excluding hydrogens is 399 g/mol. The Bertz CT molecular complexity index is 940. The van der Waals surface area contributed by atoms with Gasteiger partial charge >= 0.3 is 5.69 Å². The van der Waals surface area contributed by atoms with Crippen LogP contribution in [0.3, 0.4) is 0 Å². The van der Waals surface area contributed by atoms with E-state index < -0.39 is 43.6 Å². The summed E-state index contributed by atoms with van der Waals surface area (Å²) in [6.45, 7) is 5.55. The molecule has 1 aromatic rings. The van der Waals surface area contributed by atoms with Gasteiger partial charge in [-0.15, -0.1) is 0 Å². The number of hydrogen-bond acceptors (Lipinski definition) is 7. The monoisotopic (exact) mass is 424 g/mol. The number of likely N-dealkylation sites (N-methyl/N-ethyl adjacent to an activating group) is 1. The van der Waals surface area contributed by atoms with Crippen LogP contribution in [0.25, 0.3) is 0 Å². The van der Waals surface area contributed by atoms with E-state index in [9.17, 15) is 14.4 Å². The zero-order valence-electron chi connectivity index (χ0n) is 16.9. The fourth-order valence-corrected chi connectivity index (χ4v) is 4.94. The molecule has 1 amide bonds. The van der Waals surface area contributed by atoms with Crippen LogP contribution in [-0.4, -0.2) is 58.4 Å². The van der Waals surface area contributed by atoms with Gasteiger partial charge in [-0.3, -0.25) is 19.1 Å². The van der Waals surface area contributed by atoms with E-state index in [0.29, 0.717) is 12.0 Å². The largest absolute Gasteiger partial charge is 0.346 e. The first kappa shape index (κ1) is 21.7. The third-order valence-corrected chi connectivity index (χ3v) is 6.61. The van der Waals surface area contributed by atoms with Crippen LogP contribution >= 0.6 is 8.38 Å². The van der Waals surface area contributed by atoms with Crippen LogP contribution < -0.4 is 11.2 Å². The molecule has 11 heteroatoms. The van der Waals surface area contributed by atoms with Crippen LogP contribution in [0.15, 0.2) is 15.8 Å². The van der Waals surface area contributed by atoms with Crippen molar-refractivity contribution in [2.24, 2.45) is 0 Å². The van der Waals surface area contributed by atoms with Gasteiger partial charge in [0.25, 0.3) is 5.56 Å². The molecule has 2 saturated heterocycles. The number of rotatable bonds is 7. The maximum Gasteiger partial charge on any atom is 0.330 e. The second-order valence-electron chi connectivity index (χ2n) is 7.28. The molecule has 158 valence electrons. The Morgan fingerprint density at radius 3 is 2.83 bits per heavy atom. The van der Waals surface area contributed by atoms with Gasteiger partial charge in [0, 0.05) is 25.5 Å². The highest BCUT2D eigenvalue weighted by Crippen LogP contribution is 2.52. The number of carbonyl (C=O) groups is 1. The van der Waals surface area contributed by atoms with E-state index in [1.54, 1.807) is 25.5 Å². The van der Waals surface area contributed by atoms with Crippen molar-refractivity contribution in [3.05, 3.63) is 32.6 Å². The molecule has 3 rings (SSSR count). The predicted molar refractivity (Wildman–Crippen MR) is 104 cm³/mol. The molecule has 10 nitrogen and oxygen atoms in total. The smallest absolute Gasteiger partial charge is 0.330 e. The Labute approximate surface area is 169 Å². The molecule has 1 N–H and O–H groups in total. The number of aryl methyl sites for hydroxylation is 1. The van der Waals surface area contributed by atoms with Crippen molar-refractivity contribution in [3.63, 3.8) is 0 Å². The number of fused-ring (bicyclic) bond motifs is 2. The minimum Gasteiger partial charge on any atom is -0.346 e. The highest BCUT2D eigenvalue weighted by molar-refractivity contribution is 7.46. The maximum absolute atomic E-state index is 12.6. The second-order valence-corrected chi connectivity index (χ2v) is 8.63. The van der Waals surface area contributed by atoms with Gasteiger partial charge in [-0.1, -0.05) is 6.92 Å². The summed E-state index contributed by atoms with van der Waals surface area (Å²) in [5.74, 6) is -0.0979. The molecule has 5 atom stereocenters. The molecule has 0 aromatic carbocycles. The summed E-state index contributed by atoms with van der Waals surface area (Å²) < 4.78 is 19.5. The molecular formula is C18H25N4O6P. The number of hydrogen-bond donors (Lipinski definition) is 1. The van der Waals surface area contributed by atoms with E-state index in [1.165, 1.54) is 10.8 Å². The third kappa shape index (κ3) is 3.88. The average molecular weight is 424 g/mol. The summed E-state index contributed by atoms with van der Waals surface area (Å²) in [5, 5.41) is 8.68. The van der Waals surface area contributed by atoms with Gasteiger partial charge in [0.2, 0.25) is 5.91 Å². The second kappa shape index (κ2) is 8.36. The van der Waals surface area contributed by atoms with Crippen LogP contribution in [0, 0.1) is 18.3 Å². The first-order valence-electron chi connectivity index (χ1n) is 9.40. The first-order chi connectivity index (χ1) is 13.7. The number of piperidine rings is 1. The summed E-state index contributed by atoms with van der Waals surface area (Å²) >= 11 is 0. The van der Waals surface area contributed by atoms with E-state index in [4.69, 9.17) is 19.0 Å². The van der Waals surface area contributed by atoms with Gasteiger partial charge in [0.1, 0.15) is 17.7 Å². The normalized spacial score (nSPS) is 29.7. The van der Waals surface area contributed by atoms with Gasteiger partial charge in [-0.25, -0.2) is 4.79 Å². The molecule has 2 fully saturated rings. The lowest BCUT2D eigenvalue weighted by atomic mass is 9.83. The number of aromatic nitrogens is 2. The number of nitriles is 1. The van der Waals surface area contributed by atoms with Crippen LogP contribution in [0.1, 0.15) is 38.0 Å². The summed E-state index contributed by atoms with van der Waals surface area (Å²) in [4.78, 5) is 40.7. The Hall–Kier alpha value is -2.05. The fraction of sp³-hybridized carbons (Fsp3) is 0.667. The first-order valence-corrected chi connectivity index (χ1v) is 11.0. The molecule has 0 aliphatic carbocycles. The van der Waals surface area contributed by atoms with Gasteiger partial charge in [-0.05, 0) is 13.3 Å². The minimum absolute atomic E-state index is 0.0979. The number of ether oxygens (including phenoxy) is 1. The summed E-state index contributed by atoms with van der Waals surface area (Å²) in [5.41, 5.74) is -1.60. The fourth-order valence-electron chi connectivity index (χ4n) is 3.90. The Morgan fingerprint density at radius 1 is 1.45 bits per heavy atom. The Kier molecular flexibility index (Phi) is 6.24. The predicted octanol–water partition coefficient (Wildman–Crippen LogP) is 1.01. The average Bonchev–Trinajstić information content (AvgIpc) is 2.91. The maximum atomic E-state index is 12.6. The molecule has 0 saturated carbocycles. The van der Waals surface area contributed by atoms with Crippen molar-refractivity contribution < 1.29 is 18.6 Å². The molecule has 29 heavy (non-hydrogen) atoms. The highest BCUT2D eigenvalue weighted by atomic mass is 31.2. The number of H-pyrrole nitrogens is 1. The quantitative estimate of drug-likeness (QED) is 0.511. The van der Waals surface area contributed by atoms with Crippen molar-refractivity contribution in [1.82, 2.24) is 14.5 Å². The lowest BCUT2D eigenvalue weighted by Gasteiger charge is -2.42. The number of nitrogens with one attached hydrogen (secondary N) is 1. The highest BCUT2D eigenvalue weighted by Gasteiger charge is 2.63. The van der Waals surface area contributed by atoms with E-state index >= 15 is 0 Å². The number of likely N-dealkylation sites (tertiary alicyclic amines) is 1. The van der Waals surface area contributed by atoms with Crippen molar-refractivity contribution >= 4 is 14.3 Å². The van der Waals surface area contributed by atoms with Crippen molar-refractivity contribution in [2.75, 3.05) is 20.3 Å². The molecule has 2 aliphatic rings. The number of aromatic amines is 1. The van der Waals surface area contributed by atoms with Crippen molar-refractivity contribution in [2.45, 2.75) is 57.1 Å². The van der Waals surface area contributed by atoms with Gasteiger partial charge < -0.3 is 18.7 Å². The van der Waals surface area contributed by atoms with Gasteiger partial charge in [0.05, 0.1) is 25.5 Å². The van der Waals surface area contributed by atoms with Crippen molar-refractivity contribution in [1.29, 1.82) is 5.26 Å². The van der Waals surface area contributed by atoms with Gasteiger partial charge in [-0.2, -0.15) is 5.26 Å². The molecule has 0 radical (unpaired) electrons. The zero-order chi connectivity index (χ0) is 21.3. The SMILES string of the molecule is CC[C@]12CC(=O)N(C)[C@@H](C1OP(C)OCCC#N)[C@H](n1cc(C)c(=O)[nH]c1=O)O2. The Morgan fingerprint density at radius 2 is 2.17 bits per heavy atom. The summed E-state index contributed by atoms with van der Waals surface area (Å²) in [7, 11) is 0.335. The summed E-state index contributed by atoms with van der Waals surface area (Å²) in [6, 6.07) is 1.45. The van der Waals surface area contributed by atoms with E-state index in [-0.39, 0.29) is 25.4 Å². The topological polar surface area (TPSA) is 127 Å². The molecule has 2 unspecified atom stereocenters. The third-order valence-electron chi connectivity index (χ3n) is 5.53. The van der Waals surface area contributed by atoms with Crippen LogP contribution in [0.5, 0.6) is 0 Å². The molecule has 1 aromatic heterocycles. The van der Waals surface area contributed by atoms with Crippen LogP contribution in [0.4, 0.5) is 0 Å². The zero-order valence-corrected chi connectivity index (χ0v) is 17.8. The molecule has 3 heterocycles. The van der Waals surface area contributed by atoms with Gasteiger partial charge in [0.15, 0.2) is 14.6 Å². The number of nitrogens with zero attached hydrogens (tertiary/aromatic N) is 3. The summed E-state index contributed by atoms with van der Waals surface area (Å²) in [6.07, 6.45) is 1.01. The van der Waals surface area contributed by atoms with E-state index in [1.807, 2.05) is 13.0 Å². The number of amides is 1. The molecule has 0 spiro atoms. The molecule has 2 aliphatic heterocycles. The minimum atomic E-state index is -1.32. The number of carbonyl (C=O) groups excluding carboxylic acids is 1. The van der Waals surface area contributed by atoms with Crippen LogP contribution in [-0.2, 0) is 18.6 Å². The lowest BCUT2D eigenvalue weighted by molar-refractivity contribution is -0.148. The standard InChI is InChI=1S/C18H25N4O6P/c1-5-18-9-12(23)21(3)13(14(18)28-29(4)26-8-6-7-19)16(27-18)22-10-11(2)15(24)20-17(22)25/h10,13-14,16H,5-6,8-9H2,1-4H3,(H,20,24,25)/t13-,14?,16+,18-,29?/m0/s1. The lowest BCUT2D eigenvalue weighted by Crippen LogP contribution is -2.58. The van der Waals surface area contributed by atoms with Crippen molar-refractivity contribution in [3.8, 4) is 6.07 Å². The van der Waals surface area contributed by atoms with E-state index in [2.05, 4.69) is 4.98 Å².